The number of aromatic nitrogens is 4. The predicted octanol–water partition coefficient (Wildman–Crippen LogP) is 3.66. The Morgan fingerprint density at radius 3 is 2.56 bits per heavy atom. The lowest BCUT2D eigenvalue weighted by atomic mass is 9.93. The Hall–Kier alpha value is -2.92. The second-order valence-electron chi connectivity index (χ2n) is 7.73. The molecule has 5 rings (SSSR count). The summed E-state index contributed by atoms with van der Waals surface area (Å²) in [5.74, 6) is -3.86. The molecule has 2 atom stereocenters. The fraction of sp³-hybridized carbons (Fsp3) is 0.476. The van der Waals surface area contributed by atoms with Crippen molar-refractivity contribution >= 4 is 28.7 Å². The van der Waals surface area contributed by atoms with Crippen molar-refractivity contribution in [2.75, 3.05) is 23.8 Å². The van der Waals surface area contributed by atoms with Gasteiger partial charge in [-0.3, -0.25) is 4.57 Å². The van der Waals surface area contributed by atoms with Crippen LogP contribution in [0, 0.1) is 17.5 Å². The van der Waals surface area contributed by atoms with E-state index in [1.54, 1.807) is 0 Å². The Labute approximate surface area is 187 Å². The maximum Gasteiger partial charge on any atom is 0.224 e. The number of nitrogens with one attached hydrogen (secondary N) is 2. The third-order valence-corrected chi connectivity index (χ3v) is 5.48. The van der Waals surface area contributed by atoms with Gasteiger partial charge in [0.15, 0.2) is 17.3 Å². The number of imidazole rings is 1. The third kappa shape index (κ3) is 4.09. The monoisotopic (exact) mass is 452 g/mol. The highest BCUT2D eigenvalue weighted by molar-refractivity contribution is 5.76. The van der Waals surface area contributed by atoms with E-state index in [-0.39, 0.29) is 35.2 Å². The number of aliphatic hydroxyl groups excluding tert-OH is 1. The van der Waals surface area contributed by atoms with Crippen LogP contribution in [0.4, 0.5) is 30.8 Å². The van der Waals surface area contributed by atoms with E-state index in [9.17, 15) is 18.3 Å². The summed E-state index contributed by atoms with van der Waals surface area (Å²) in [4.78, 5) is 12.9. The lowest BCUT2D eigenvalue weighted by Gasteiger charge is -2.26. The molecular formula is C21H23F3N6O2. The Balaban J connectivity index is 1.62. The number of anilines is 3. The highest BCUT2D eigenvalue weighted by Gasteiger charge is 2.27. The van der Waals surface area contributed by atoms with Gasteiger partial charge in [-0.25, -0.2) is 23.1 Å². The van der Waals surface area contributed by atoms with E-state index < -0.39 is 48.7 Å². The number of aliphatic hydroxyl groups is 1. The molecule has 1 saturated carbocycles. The molecule has 2 aliphatic rings. The minimum atomic E-state index is -2.69. The molecule has 3 heterocycles. The van der Waals surface area contributed by atoms with Crippen LogP contribution in [0.3, 0.4) is 0 Å². The summed E-state index contributed by atoms with van der Waals surface area (Å²) in [5, 5.41) is 15.3. The molecule has 1 aliphatic heterocycles. The molecular weight excluding hydrogens is 425 g/mol. The quantitative estimate of drug-likeness (QED) is 0.544. The summed E-state index contributed by atoms with van der Waals surface area (Å²) < 4.78 is 81.6. The zero-order chi connectivity index (χ0) is 25.8. The number of benzene rings is 1. The van der Waals surface area contributed by atoms with Gasteiger partial charge in [0.2, 0.25) is 11.9 Å². The van der Waals surface area contributed by atoms with Crippen LogP contribution in [-0.2, 0) is 4.74 Å². The lowest BCUT2D eigenvalue weighted by molar-refractivity contribution is 0.126. The number of halogens is 3. The molecule has 0 bridgehead atoms. The van der Waals surface area contributed by atoms with Crippen molar-refractivity contribution in [2.45, 2.75) is 50.3 Å². The highest BCUT2D eigenvalue weighted by atomic mass is 19.1. The topological polar surface area (TPSA) is 97.1 Å². The average Bonchev–Trinajstić information content (AvgIpc) is 3.24. The normalized spacial score (nSPS) is 31.6. The van der Waals surface area contributed by atoms with Crippen LogP contribution in [0.2, 0.25) is 0 Å². The molecule has 0 spiro atoms. The van der Waals surface area contributed by atoms with E-state index >= 15 is 0 Å². The summed E-state index contributed by atoms with van der Waals surface area (Å²) in [6, 6.07) is -1.39. The van der Waals surface area contributed by atoms with E-state index in [4.69, 9.17) is 10.2 Å². The molecule has 3 aromatic rings. The van der Waals surface area contributed by atoms with Crippen LogP contribution in [0.1, 0.15) is 43.6 Å². The van der Waals surface area contributed by atoms with Gasteiger partial charge in [0, 0.05) is 24.8 Å². The smallest absolute Gasteiger partial charge is 0.224 e. The van der Waals surface area contributed by atoms with Gasteiger partial charge in [-0.2, -0.15) is 4.98 Å². The molecule has 2 fully saturated rings. The standard InChI is InChI=1S/C21H23F3N6O2/c22-11-7-15(23)18(16(24)8-11)28-21-27-17-9-25-20(26-12-1-3-14(31)4-2-12)29-19(17)30(21)13-5-6-32-10-13/h7-9,12-14,31H,1-6,10H2,(H,27,28)(H,25,26,29)/i6D,10D2,13D. The summed E-state index contributed by atoms with van der Waals surface area (Å²) >= 11 is 0. The van der Waals surface area contributed by atoms with E-state index in [0.717, 1.165) is 4.57 Å². The average molecular weight is 452 g/mol. The maximum atomic E-state index is 14.4. The number of rotatable bonds is 5. The Morgan fingerprint density at radius 1 is 1.12 bits per heavy atom. The SMILES string of the molecule is [2H]C1CC([2H])(n2c(Nc3c(F)cc(F)cc3F)nc3cnc(NC4CCC(O)CC4)nc32)C([2H])([2H])O1. The minimum absolute atomic E-state index is 0.0222. The van der Waals surface area contributed by atoms with Crippen molar-refractivity contribution < 1.29 is 28.5 Å². The third-order valence-electron chi connectivity index (χ3n) is 5.48. The second-order valence-corrected chi connectivity index (χ2v) is 7.73. The Morgan fingerprint density at radius 2 is 1.88 bits per heavy atom. The summed E-state index contributed by atoms with van der Waals surface area (Å²) in [5.41, 5.74) is -0.711. The van der Waals surface area contributed by atoms with Crippen LogP contribution < -0.4 is 10.6 Å². The van der Waals surface area contributed by atoms with Gasteiger partial charge in [0.05, 0.1) is 30.4 Å². The van der Waals surface area contributed by atoms with Crippen LogP contribution >= 0.6 is 0 Å². The van der Waals surface area contributed by atoms with Gasteiger partial charge in [0.25, 0.3) is 0 Å². The molecule has 0 radical (unpaired) electrons. The van der Waals surface area contributed by atoms with Gasteiger partial charge in [-0.1, -0.05) is 0 Å². The Bertz CT molecular complexity index is 1280. The summed E-state index contributed by atoms with van der Waals surface area (Å²) in [6.45, 7) is -4.09. The molecule has 32 heavy (non-hydrogen) atoms. The van der Waals surface area contributed by atoms with Crippen LogP contribution in [0.5, 0.6) is 0 Å². The number of fused-ring (bicyclic) bond motifs is 1. The number of hydrogen-bond acceptors (Lipinski definition) is 7. The molecule has 0 amide bonds. The molecule has 2 aromatic heterocycles. The van der Waals surface area contributed by atoms with Gasteiger partial charge in [-0.15, -0.1) is 0 Å². The summed E-state index contributed by atoms with van der Waals surface area (Å²) in [6.07, 6.45) is 3.08. The molecule has 1 saturated heterocycles. The largest absolute Gasteiger partial charge is 0.393 e. The van der Waals surface area contributed by atoms with E-state index in [0.29, 0.717) is 37.8 Å². The maximum absolute atomic E-state index is 14.4. The van der Waals surface area contributed by atoms with Crippen molar-refractivity contribution in [2.24, 2.45) is 0 Å². The van der Waals surface area contributed by atoms with Gasteiger partial charge in [0.1, 0.15) is 17.0 Å². The van der Waals surface area contributed by atoms with Crippen molar-refractivity contribution in [3.8, 4) is 0 Å². The molecule has 1 aromatic carbocycles. The second kappa shape index (κ2) is 8.55. The van der Waals surface area contributed by atoms with Gasteiger partial charge >= 0.3 is 0 Å². The van der Waals surface area contributed by atoms with Crippen LogP contribution in [-0.4, -0.2) is 49.9 Å². The van der Waals surface area contributed by atoms with Crippen LogP contribution in [0.25, 0.3) is 11.2 Å². The van der Waals surface area contributed by atoms with Crippen molar-refractivity contribution in [3.05, 3.63) is 35.8 Å². The molecule has 1 aliphatic carbocycles. The minimum Gasteiger partial charge on any atom is -0.393 e. The molecule has 11 heteroatoms. The first-order valence-electron chi connectivity index (χ1n) is 12.3. The van der Waals surface area contributed by atoms with Gasteiger partial charge in [-0.05, 0) is 32.1 Å². The molecule has 3 N–H and O–H groups in total. The van der Waals surface area contributed by atoms with E-state index in [2.05, 4.69) is 25.6 Å². The van der Waals surface area contributed by atoms with E-state index in [1.165, 1.54) is 6.20 Å². The number of ether oxygens (including phenoxy) is 1. The lowest BCUT2D eigenvalue weighted by Crippen LogP contribution is -2.29. The first-order valence-corrected chi connectivity index (χ1v) is 10.2. The highest BCUT2D eigenvalue weighted by Crippen LogP contribution is 2.32. The zero-order valence-electron chi connectivity index (χ0n) is 20.8. The van der Waals surface area contributed by atoms with Crippen molar-refractivity contribution in [1.82, 2.24) is 19.5 Å². The number of nitrogens with zero attached hydrogens (tertiary/aromatic N) is 4. The van der Waals surface area contributed by atoms with Gasteiger partial charge < -0.3 is 20.5 Å². The van der Waals surface area contributed by atoms with Crippen molar-refractivity contribution in [1.29, 1.82) is 0 Å². The fourth-order valence-electron chi connectivity index (χ4n) is 3.87. The molecule has 170 valence electrons. The molecule has 2 unspecified atom stereocenters. The number of hydrogen-bond donors (Lipinski definition) is 3. The zero-order valence-corrected chi connectivity index (χ0v) is 16.8. The van der Waals surface area contributed by atoms with Crippen LogP contribution in [0.15, 0.2) is 18.3 Å². The van der Waals surface area contributed by atoms with Crippen molar-refractivity contribution in [3.63, 3.8) is 0 Å². The summed E-state index contributed by atoms with van der Waals surface area (Å²) in [7, 11) is 0. The first-order chi connectivity index (χ1) is 17.0. The molecule has 8 nitrogen and oxygen atoms in total. The first kappa shape index (κ1) is 16.7. The fourth-order valence-corrected chi connectivity index (χ4v) is 3.87. The van der Waals surface area contributed by atoms with E-state index in [1.807, 2.05) is 0 Å². The Kier molecular flexibility index (Phi) is 4.45. The predicted molar refractivity (Wildman–Crippen MR) is 111 cm³/mol.